The minimum absolute atomic E-state index is 0.247. The van der Waals surface area contributed by atoms with Crippen LogP contribution in [0, 0.1) is 5.92 Å². The van der Waals surface area contributed by atoms with Crippen molar-refractivity contribution in [1.29, 1.82) is 0 Å². The molecule has 1 aliphatic heterocycles. The lowest BCUT2D eigenvalue weighted by Gasteiger charge is -2.26. The molecule has 1 fully saturated rings. The Morgan fingerprint density at radius 1 is 1.34 bits per heavy atom. The van der Waals surface area contributed by atoms with Crippen molar-refractivity contribution in [2.24, 2.45) is 5.92 Å². The smallest absolute Gasteiger partial charge is 0.486 e. The van der Waals surface area contributed by atoms with Gasteiger partial charge >= 0.3 is 12.1 Å². The third-order valence-corrected chi connectivity index (χ3v) is 4.40. The van der Waals surface area contributed by atoms with E-state index in [0.29, 0.717) is 18.9 Å². The quantitative estimate of drug-likeness (QED) is 0.821. The maximum absolute atomic E-state index is 12.2. The predicted molar refractivity (Wildman–Crippen MR) is 90.6 cm³/mol. The summed E-state index contributed by atoms with van der Waals surface area (Å²) in [6.07, 6.45) is 1.07. The minimum Gasteiger partial charge on any atom is -0.486 e. The summed E-state index contributed by atoms with van der Waals surface area (Å²) in [7, 11) is 0. The number of ether oxygens (including phenoxy) is 1. The summed E-state index contributed by atoms with van der Waals surface area (Å²) in [6.45, 7) is 1.64. The molecule has 0 aromatic carbocycles. The van der Waals surface area contributed by atoms with Crippen LogP contribution >= 0.6 is 0 Å². The van der Waals surface area contributed by atoms with E-state index in [-0.39, 0.29) is 11.8 Å². The number of aliphatic carboxylic acids is 1. The molecule has 1 saturated carbocycles. The zero-order valence-corrected chi connectivity index (χ0v) is 15.2. The Hall–Kier alpha value is -3.11. The van der Waals surface area contributed by atoms with E-state index in [0.717, 1.165) is 42.8 Å². The molecule has 8 nitrogen and oxygen atoms in total. The lowest BCUT2D eigenvalue weighted by molar-refractivity contribution is -0.192. The van der Waals surface area contributed by atoms with Crippen molar-refractivity contribution >= 4 is 11.9 Å². The third-order valence-electron chi connectivity index (χ3n) is 4.40. The number of halogens is 3. The maximum Gasteiger partial charge on any atom is 0.490 e. The first kappa shape index (κ1) is 20.6. The van der Waals surface area contributed by atoms with Crippen molar-refractivity contribution in [2.75, 3.05) is 6.54 Å². The van der Waals surface area contributed by atoms with Gasteiger partial charge in [0.25, 0.3) is 0 Å². The van der Waals surface area contributed by atoms with Crippen molar-refractivity contribution in [3.8, 4) is 5.75 Å². The van der Waals surface area contributed by atoms with Gasteiger partial charge in [0, 0.05) is 30.6 Å². The van der Waals surface area contributed by atoms with Gasteiger partial charge in [-0.2, -0.15) is 13.2 Å². The SMILES string of the molecule is O=C(C1CC1)N1CCc2onc(COc3cccnc3)c2C1.O=C(O)C(F)(F)F. The summed E-state index contributed by atoms with van der Waals surface area (Å²) >= 11 is 0. The molecule has 29 heavy (non-hydrogen) atoms. The van der Waals surface area contributed by atoms with E-state index < -0.39 is 12.1 Å². The number of carboxylic acids is 1. The van der Waals surface area contributed by atoms with Crippen molar-refractivity contribution in [1.82, 2.24) is 15.0 Å². The highest BCUT2D eigenvalue weighted by Crippen LogP contribution is 2.33. The lowest BCUT2D eigenvalue weighted by Crippen LogP contribution is -2.36. The summed E-state index contributed by atoms with van der Waals surface area (Å²) in [5.74, 6) is -0.666. The number of carboxylic acid groups (broad SMARTS) is 1. The second-order valence-electron chi connectivity index (χ2n) is 6.60. The van der Waals surface area contributed by atoms with Gasteiger partial charge in [-0.05, 0) is 25.0 Å². The molecule has 3 heterocycles. The number of nitrogens with zero attached hydrogens (tertiary/aromatic N) is 3. The second-order valence-corrected chi connectivity index (χ2v) is 6.60. The van der Waals surface area contributed by atoms with E-state index >= 15 is 0 Å². The van der Waals surface area contributed by atoms with Gasteiger partial charge < -0.3 is 19.3 Å². The Labute approximate surface area is 163 Å². The Morgan fingerprint density at radius 2 is 2.07 bits per heavy atom. The molecule has 0 spiro atoms. The van der Waals surface area contributed by atoms with Crippen LogP contribution in [0.15, 0.2) is 29.0 Å². The van der Waals surface area contributed by atoms with Crippen LogP contribution in [-0.2, 0) is 29.2 Å². The highest BCUT2D eigenvalue weighted by atomic mass is 19.4. The number of fused-ring (bicyclic) bond motifs is 1. The molecule has 0 bridgehead atoms. The number of aromatic nitrogens is 2. The van der Waals surface area contributed by atoms with E-state index in [1.807, 2.05) is 17.0 Å². The van der Waals surface area contributed by atoms with E-state index in [2.05, 4.69) is 10.1 Å². The first-order valence-corrected chi connectivity index (χ1v) is 8.83. The number of hydrogen-bond donors (Lipinski definition) is 1. The molecule has 0 unspecified atom stereocenters. The van der Waals surface area contributed by atoms with Crippen LogP contribution in [0.5, 0.6) is 5.75 Å². The van der Waals surface area contributed by atoms with Gasteiger partial charge in [0.2, 0.25) is 5.91 Å². The number of pyridine rings is 1. The fourth-order valence-electron chi connectivity index (χ4n) is 2.74. The van der Waals surface area contributed by atoms with Gasteiger partial charge in [0.05, 0.1) is 12.7 Å². The van der Waals surface area contributed by atoms with Gasteiger partial charge in [-0.25, -0.2) is 4.79 Å². The fourth-order valence-corrected chi connectivity index (χ4v) is 2.74. The Bertz CT molecular complexity index is 865. The molecule has 0 radical (unpaired) electrons. The molecule has 2 aliphatic rings. The molecule has 0 saturated heterocycles. The molecule has 156 valence electrons. The topological polar surface area (TPSA) is 106 Å². The van der Waals surface area contributed by atoms with Crippen LogP contribution in [0.3, 0.4) is 0 Å². The molecule has 1 amide bonds. The summed E-state index contributed by atoms with van der Waals surface area (Å²) in [4.78, 5) is 27.0. The fraction of sp³-hybridized carbons (Fsp3) is 0.444. The summed E-state index contributed by atoms with van der Waals surface area (Å²) < 4.78 is 42.8. The summed E-state index contributed by atoms with van der Waals surface area (Å²) in [5, 5.41) is 11.2. The van der Waals surface area contributed by atoms with Crippen LogP contribution in [0.25, 0.3) is 0 Å². The van der Waals surface area contributed by atoms with Crippen LogP contribution in [-0.4, -0.2) is 44.7 Å². The first-order valence-electron chi connectivity index (χ1n) is 8.83. The van der Waals surface area contributed by atoms with E-state index in [1.54, 1.807) is 12.4 Å². The molecule has 1 aliphatic carbocycles. The molecular weight excluding hydrogens is 395 g/mol. The minimum atomic E-state index is -5.08. The largest absolute Gasteiger partial charge is 0.490 e. The molecule has 1 N–H and O–H groups in total. The average molecular weight is 413 g/mol. The first-order chi connectivity index (χ1) is 13.8. The van der Waals surface area contributed by atoms with E-state index in [9.17, 15) is 18.0 Å². The third kappa shape index (κ3) is 5.46. The van der Waals surface area contributed by atoms with Crippen LogP contribution in [0.2, 0.25) is 0 Å². The van der Waals surface area contributed by atoms with Crippen LogP contribution in [0.4, 0.5) is 13.2 Å². The molecule has 2 aromatic rings. The molecular formula is C18H18F3N3O5. The average Bonchev–Trinajstić information content (AvgIpc) is 3.47. The van der Waals surface area contributed by atoms with Gasteiger partial charge in [-0.15, -0.1) is 0 Å². The van der Waals surface area contributed by atoms with Gasteiger partial charge in [-0.1, -0.05) is 5.16 Å². The Balaban J connectivity index is 0.000000298. The number of amides is 1. The molecule has 2 aromatic heterocycles. The second kappa shape index (κ2) is 8.50. The van der Waals surface area contributed by atoms with Crippen molar-refractivity contribution in [2.45, 2.75) is 38.6 Å². The molecule has 4 rings (SSSR count). The molecule has 11 heteroatoms. The van der Waals surface area contributed by atoms with Crippen LogP contribution < -0.4 is 4.74 Å². The van der Waals surface area contributed by atoms with Gasteiger partial charge in [-0.3, -0.25) is 9.78 Å². The summed E-state index contributed by atoms with van der Waals surface area (Å²) in [6, 6.07) is 3.67. The zero-order chi connectivity index (χ0) is 21.0. The number of hydrogen-bond acceptors (Lipinski definition) is 6. The van der Waals surface area contributed by atoms with Crippen molar-refractivity contribution in [3.05, 3.63) is 41.5 Å². The number of alkyl halides is 3. The van der Waals surface area contributed by atoms with Crippen molar-refractivity contribution < 1.29 is 37.1 Å². The lowest BCUT2D eigenvalue weighted by atomic mass is 10.1. The highest BCUT2D eigenvalue weighted by Gasteiger charge is 2.38. The number of carbonyl (C=O) groups excluding carboxylic acids is 1. The summed E-state index contributed by atoms with van der Waals surface area (Å²) in [5.41, 5.74) is 1.77. The number of carbonyl (C=O) groups is 2. The Kier molecular flexibility index (Phi) is 6.04. The number of rotatable bonds is 4. The predicted octanol–water partition coefficient (Wildman–Crippen LogP) is 2.58. The highest BCUT2D eigenvalue weighted by molar-refractivity contribution is 5.81. The van der Waals surface area contributed by atoms with Gasteiger partial charge in [0.1, 0.15) is 23.8 Å². The van der Waals surface area contributed by atoms with Gasteiger partial charge in [0.15, 0.2) is 0 Å². The van der Waals surface area contributed by atoms with Crippen LogP contribution in [0.1, 0.15) is 29.9 Å². The van der Waals surface area contributed by atoms with E-state index in [4.69, 9.17) is 19.2 Å². The van der Waals surface area contributed by atoms with E-state index in [1.165, 1.54) is 0 Å². The standard InChI is InChI=1S/C16H17N3O3.C2HF3O2/c20-16(11-3-4-11)19-7-5-15-13(9-19)14(18-22-15)10-21-12-2-1-6-17-8-12;3-2(4,5)1(6)7/h1-2,6,8,11H,3-5,7,9-10H2;(H,6,7). The maximum atomic E-state index is 12.2. The Morgan fingerprint density at radius 3 is 2.66 bits per heavy atom. The normalized spacial score (nSPS) is 15.8. The van der Waals surface area contributed by atoms with Crippen molar-refractivity contribution in [3.63, 3.8) is 0 Å². The molecule has 0 atom stereocenters. The monoisotopic (exact) mass is 413 g/mol. The zero-order valence-electron chi connectivity index (χ0n) is 15.2.